The fourth-order valence-electron chi connectivity index (χ4n) is 3.13. The van der Waals surface area contributed by atoms with Crippen LogP contribution < -0.4 is 4.90 Å². The number of nitriles is 1. The predicted octanol–water partition coefficient (Wildman–Crippen LogP) is 4.98. The maximum Gasteiger partial charge on any atom is 0.191 e. The van der Waals surface area contributed by atoms with Crippen molar-refractivity contribution < 1.29 is 0 Å². The van der Waals surface area contributed by atoms with Gasteiger partial charge < -0.3 is 9.47 Å². The van der Waals surface area contributed by atoms with E-state index in [0.717, 1.165) is 41.9 Å². The Balaban J connectivity index is 1.76. The predicted molar refractivity (Wildman–Crippen MR) is 115 cm³/mol. The summed E-state index contributed by atoms with van der Waals surface area (Å²) in [6.45, 7) is 9.26. The van der Waals surface area contributed by atoms with Gasteiger partial charge in [0.15, 0.2) is 11.0 Å². The van der Waals surface area contributed by atoms with Crippen LogP contribution in [0.5, 0.6) is 0 Å². The Labute approximate surface area is 171 Å². The lowest BCUT2D eigenvalue weighted by Crippen LogP contribution is -2.21. The van der Waals surface area contributed by atoms with Gasteiger partial charge in [0.05, 0.1) is 11.6 Å². The molecular formula is C22H25N5S. The van der Waals surface area contributed by atoms with Gasteiger partial charge in [-0.1, -0.05) is 23.9 Å². The minimum absolute atomic E-state index is 0.681. The molecule has 0 saturated carbocycles. The Morgan fingerprint density at radius 1 is 0.964 bits per heavy atom. The molecule has 28 heavy (non-hydrogen) atoms. The largest absolute Gasteiger partial charge is 0.372 e. The third-order valence-electron chi connectivity index (χ3n) is 4.74. The molecule has 144 valence electrons. The van der Waals surface area contributed by atoms with E-state index in [-0.39, 0.29) is 0 Å². The molecule has 6 heteroatoms. The van der Waals surface area contributed by atoms with Gasteiger partial charge in [0.1, 0.15) is 0 Å². The monoisotopic (exact) mass is 391 g/mol. The van der Waals surface area contributed by atoms with Gasteiger partial charge in [0.2, 0.25) is 0 Å². The summed E-state index contributed by atoms with van der Waals surface area (Å²) in [5.74, 6) is 1.70. The average molecular weight is 392 g/mol. The molecule has 3 rings (SSSR count). The molecule has 0 unspecified atom stereocenters. The van der Waals surface area contributed by atoms with Crippen LogP contribution in [0.25, 0.3) is 11.4 Å². The van der Waals surface area contributed by atoms with Crippen LogP contribution in [-0.2, 0) is 12.3 Å². The topological polar surface area (TPSA) is 57.7 Å². The van der Waals surface area contributed by atoms with Crippen molar-refractivity contribution in [2.75, 3.05) is 18.0 Å². The van der Waals surface area contributed by atoms with Crippen molar-refractivity contribution in [1.29, 1.82) is 5.26 Å². The molecule has 0 spiro atoms. The smallest absolute Gasteiger partial charge is 0.191 e. The summed E-state index contributed by atoms with van der Waals surface area (Å²) in [5, 5.41) is 18.7. The second-order valence-electron chi connectivity index (χ2n) is 6.37. The number of nitrogens with zero attached hydrogens (tertiary/aromatic N) is 5. The molecule has 0 amide bonds. The van der Waals surface area contributed by atoms with E-state index in [4.69, 9.17) is 5.26 Å². The maximum atomic E-state index is 8.91. The highest BCUT2D eigenvalue weighted by Crippen LogP contribution is 2.27. The zero-order valence-corrected chi connectivity index (χ0v) is 17.4. The minimum Gasteiger partial charge on any atom is -0.372 e. The second kappa shape index (κ2) is 9.43. The van der Waals surface area contributed by atoms with Crippen LogP contribution in [0.1, 0.15) is 31.9 Å². The van der Waals surface area contributed by atoms with E-state index in [0.29, 0.717) is 5.56 Å². The van der Waals surface area contributed by atoms with Crippen LogP contribution in [0.3, 0.4) is 0 Å². The van der Waals surface area contributed by atoms with Crippen LogP contribution in [0.4, 0.5) is 5.69 Å². The molecule has 0 N–H and O–H groups in total. The molecule has 0 atom stereocenters. The summed E-state index contributed by atoms with van der Waals surface area (Å²) >= 11 is 1.67. The Morgan fingerprint density at radius 2 is 1.64 bits per heavy atom. The summed E-state index contributed by atoms with van der Waals surface area (Å²) in [7, 11) is 0. The summed E-state index contributed by atoms with van der Waals surface area (Å²) in [6, 6.07) is 18.4. The fourth-order valence-corrected chi connectivity index (χ4v) is 4.09. The first-order chi connectivity index (χ1) is 13.7. The van der Waals surface area contributed by atoms with Gasteiger partial charge in [-0.25, -0.2) is 0 Å². The number of benzene rings is 2. The zero-order chi connectivity index (χ0) is 19.9. The van der Waals surface area contributed by atoms with Crippen LogP contribution in [0.2, 0.25) is 0 Å². The van der Waals surface area contributed by atoms with Crippen LogP contribution in [0.15, 0.2) is 53.7 Å². The van der Waals surface area contributed by atoms with E-state index in [1.807, 2.05) is 24.3 Å². The normalized spacial score (nSPS) is 10.6. The molecule has 0 saturated heterocycles. The molecule has 0 radical (unpaired) electrons. The molecule has 0 aliphatic heterocycles. The lowest BCUT2D eigenvalue weighted by molar-refractivity contribution is 0.687. The van der Waals surface area contributed by atoms with Gasteiger partial charge in [-0.3, -0.25) is 0 Å². The van der Waals surface area contributed by atoms with E-state index in [1.54, 1.807) is 11.8 Å². The van der Waals surface area contributed by atoms with Gasteiger partial charge in [-0.15, -0.1) is 10.2 Å². The van der Waals surface area contributed by atoms with Crippen molar-refractivity contribution in [2.45, 2.75) is 38.2 Å². The number of anilines is 1. The zero-order valence-electron chi connectivity index (χ0n) is 16.6. The van der Waals surface area contributed by atoms with Gasteiger partial charge in [-0.05, 0) is 62.7 Å². The molecule has 1 heterocycles. The van der Waals surface area contributed by atoms with E-state index in [1.165, 1.54) is 11.3 Å². The number of thioether (sulfide) groups is 1. The first-order valence-corrected chi connectivity index (χ1v) is 10.6. The lowest BCUT2D eigenvalue weighted by Gasteiger charge is -2.21. The van der Waals surface area contributed by atoms with E-state index in [2.05, 4.69) is 70.8 Å². The molecule has 0 bridgehead atoms. The molecular weight excluding hydrogens is 366 g/mol. The molecule has 1 aromatic heterocycles. The second-order valence-corrected chi connectivity index (χ2v) is 7.31. The van der Waals surface area contributed by atoms with E-state index >= 15 is 0 Å². The lowest BCUT2D eigenvalue weighted by atomic mass is 10.2. The van der Waals surface area contributed by atoms with Crippen molar-refractivity contribution in [1.82, 2.24) is 14.8 Å². The SMILES string of the molecule is CCN(CC)c1ccc(-c2nnc(SCc3ccc(C#N)cc3)n2CC)cc1. The highest BCUT2D eigenvalue weighted by atomic mass is 32.2. The summed E-state index contributed by atoms with van der Waals surface area (Å²) in [5.41, 5.74) is 4.16. The van der Waals surface area contributed by atoms with Crippen molar-refractivity contribution in [3.63, 3.8) is 0 Å². The Hall–Kier alpha value is -2.78. The number of aromatic nitrogens is 3. The maximum absolute atomic E-state index is 8.91. The van der Waals surface area contributed by atoms with E-state index < -0.39 is 0 Å². The van der Waals surface area contributed by atoms with E-state index in [9.17, 15) is 0 Å². The molecule has 0 aliphatic rings. The van der Waals surface area contributed by atoms with Crippen molar-refractivity contribution in [3.05, 3.63) is 59.7 Å². The number of hydrogen-bond donors (Lipinski definition) is 0. The van der Waals surface area contributed by atoms with Gasteiger partial charge >= 0.3 is 0 Å². The van der Waals surface area contributed by atoms with Crippen molar-refractivity contribution in [2.24, 2.45) is 0 Å². The van der Waals surface area contributed by atoms with Gasteiger partial charge in [-0.2, -0.15) is 5.26 Å². The number of hydrogen-bond acceptors (Lipinski definition) is 5. The van der Waals surface area contributed by atoms with Crippen LogP contribution >= 0.6 is 11.8 Å². The molecule has 2 aromatic carbocycles. The quantitative estimate of drug-likeness (QED) is 0.507. The van der Waals surface area contributed by atoms with Crippen LogP contribution in [-0.4, -0.2) is 27.9 Å². The molecule has 3 aromatic rings. The third kappa shape index (κ3) is 4.37. The highest BCUT2D eigenvalue weighted by Gasteiger charge is 2.14. The molecule has 0 fully saturated rings. The first kappa shape index (κ1) is 20.0. The summed E-state index contributed by atoms with van der Waals surface area (Å²) in [4.78, 5) is 2.33. The highest BCUT2D eigenvalue weighted by molar-refractivity contribution is 7.98. The summed E-state index contributed by atoms with van der Waals surface area (Å²) in [6.07, 6.45) is 0. The first-order valence-electron chi connectivity index (χ1n) is 9.60. The fraction of sp³-hybridized carbons (Fsp3) is 0.318. The van der Waals surface area contributed by atoms with Gasteiger partial charge in [0.25, 0.3) is 0 Å². The van der Waals surface area contributed by atoms with Gasteiger partial charge in [0, 0.05) is 36.6 Å². The Bertz CT molecular complexity index is 935. The van der Waals surface area contributed by atoms with Crippen molar-refractivity contribution in [3.8, 4) is 17.5 Å². The van der Waals surface area contributed by atoms with Crippen molar-refractivity contribution >= 4 is 17.4 Å². The standard InChI is InChI=1S/C22H25N5S/c1-4-26(5-2)20-13-11-19(12-14-20)21-24-25-22(27(21)6-3)28-16-18-9-7-17(15-23)8-10-18/h7-14H,4-6,16H2,1-3H3. The Kier molecular flexibility index (Phi) is 6.72. The summed E-state index contributed by atoms with van der Waals surface area (Å²) < 4.78 is 2.15. The Morgan fingerprint density at radius 3 is 2.21 bits per heavy atom. The minimum atomic E-state index is 0.681. The molecule has 5 nitrogen and oxygen atoms in total. The average Bonchev–Trinajstić information content (AvgIpc) is 3.17. The third-order valence-corrected chi connectivity index (χ3v) is 5.78. The molecule has 0 aliphatic carbocycles. The number of rotatable bonds is 8. The van der Waals surface area contributed by atoms with Crippen LogP contribution in [0, 0.1) is 11.3 Å².